The van der Waals surface area contributed by atoms with E-state index in [0.717, 1.165) is 12.0 Å². The van der Waals surface area contributed by atoms with Gasteiger partial charge in [-0.3, -0.25) is 10.6 Å². The maximum absolute atomic E-state index is 12.6. The largest absolute Gasteiger partial charge is 0.394 e. The molecule has 104 valence electrons. The topological polar surface area (TPSA) is 78.6 Å². The Bertz CT molecular complexity index is 476. The second-order valence-electron chi connectivity index (χ2n) is 5.21. The number of hydrogen-bond acceptors (Lipinski definition) is 4. The van der Waals surface area contributed by atoms with Gasteiger partial charge < -0.3 is 15.4 Å². The highest BCUT2D eigenvalue weighted by Crippen LogP contribution is 2.27. The summed E-state index contributed by atoms with van der Waals surface area (Å²) in [5, 5.41) is 9.44. The van der Waals surface area contributed by atoms with Crippen LogP contribution >= 0.6 is 0 Å². The molecule has 0 bridgehead atoms. The number of carbonyl (C=O) groups is 1. The van der Waals surface area contributed by atoms with Gasteiger partial charge in [0.15, 0.2) is 0 Å². The molecule has 5 heteroatoms. The van der Waals surface area contributed by atoms with Crippen molar-refractivity contribution in [2.45, 2.75) is 26.3 Å². The molecule has 2 unspecified atom stereocenters. The molecule has 4 N–H and O–H groups in total. The van der Waals surface area contributed by atoms with Gasteiger partial charge in [-0.25, -0.2) is 0 Å². The molecule has 2 rings (SSSR count). The smallest absolute Gasteiger partial charge is 0.256 e. The summed E-state index contributed by atoms with van der Waals surface area (Å²) >= 11 is 0. The lowest BCUT2D eigenvalue weighted by atomic mass is 10.0. The number of benzene rings is 1. The van der Waals surface area contributed by atoms with Gasteiger partial charge in [0.1, 0.15) is 0 Å². The minimum absolute atomic E-state index is 0.00412. The van der Waals surface area contributed by atoms with E-state index in [-0.39, 0.29) is 18.6 Å². The summed E-state index contributed by atoms with van der Waals surface area (Å²) in [5.41, 5.74) is 4.80. The van der Waals surface area contributed by atoms with Crippen molar-refractivity contribution in [1.82, 2.24) is 4.90 Å². The molecule has 0 saturated carbocycles. The Kier molecular flexibility index (Phi) is 4.07. The van der Waals surface area contributed by atoms with Crippen LogP contribution in [0.4, 0.5) is 5.69 Å². The summed E-state index contributed by atoms with van der Waals surface area (Å²) in [5.74, 6) is 5.73. The van der Waals surface area contributed by atoms with Crippen molar-refractivity contribution >= 4 is 11.6 Å². The second kappa shape index (κ2) is 5.59. The van der Waals surface area contributed by atoms with Crippen LogP contribution in [0.15, 0.2) is 18.2 Å². The van der Waals surface area contributed by atoms with E-state index in [1.165, 1.54) is 0 Å². The highest BCUT2D eigenvalue weighted by Gasteiger charge is 2.34. The molecule has 2 atom stereocenters. The lowest BCUT2D eigenvalue weighted by Gasteiger charge is -2.26. The maximum Gasteiger partial charge on any atom is 0.256 e. The van der Waals surface area contributed by atoms with Gasteiger partial charge in [-0.15, -0.1) is 0 Å². The van der Waals surface area contributed by atoms with Crippen LogP contribution in [0.1, 0.15) is 29.3 Å². The van der Waals surface area contributed by atoms with Gasteiger partial charge in [0, 0.05) is 6.54 Å². The van der Waals surface area contributed by atoms with E-state index in [0.29, 0.717) is 23.7 Å². The molecule has 1 aliphatic heterocycles. The summed E-state index contributed by atoms with van der Waals surface area (Å²) in [6.07, 6.45) is 0.925. The molecule has 19 heavy (non-hydrogen) atoms. The number of amides is 1. The third-order valence-corrected chi connectivity index (χ3v) is 3.89. The van der Waals surface area contributed by atoms with E-state index in [2.05, 4.69) is 12.3 Å². The van der Waals surface area contributed by atoms with E-state index in [1.807, 2.05) is 19.1 Å². The number of aliphatic hydroxyl groups is 1. The zero-order chi connectivity index (χ0) is 14.0. The van der Waals surface area contributed by atoms with Crippen LogP contribution in [0.5, 0.6) is 0 Å². The first kappa shape index (κ1) is 13.8. The predicted molar refractivity (Wildman–Crippen MR) is 74.7 cm³/mol. The van der Waals surface area contributed by atoms with Crippen LogP contribution in [-0.4, -0.2) is 35.1 Å². The molecule has 0 radical (unpaired) electrons. The highest BCUT2D eigenvalue weighted by molar-refractivity contribution is 6.00. The standard InChI is InChI=1S/C14H21N3O2/c1-9-3-4-11(12(7-9)16-15)14(19)17-6-5-10(2)13(17)8-18/h3-4,7,10,13,16,18H,5-6,8,15H2,1-2H3. The number of hydrogen-bond donors (Lipinski definition) is 3. The molecule has 1 saturated heterocycles. The molecule has 1 aliphatic rings. The number of rotatable bonds is 3. The number of hydrazine groups is 1. The average molecular weight is 263 g/mol. The van der Waals surface area contributed by atoms with Gasteiger partial charge >= 0.3 is 0 Å². The SMILES string of the molecule is Cc1ccc(C(=O)N2CCC(C)C2CO)c(NN)c1. The first-order chi connectivity index (χ1) is 9.08. The third-order valence-electron chi connectivity index (χ3n) is 3.89. The number of nitrogens with zero attached hydrogens (tertiary/aromatic N) is 1. The molecule has 5 nitrogen and oxygen atoms in total. The van der Waals surface area contributed by atoms with Gasteiger partial charge in [0.05, 0.1) is 23.9 Å². The number of likely N-dealkylation sites (tertiary alicyclic amines) is 1. The minimum atomic E-state index is -0.0978. The van der Waals surface area contributed by atoms with Gasteiger partial charge in [-0.2, -0.15) is 0 Å². The normalized spacial score (nSPS) is 22.6. The van der Waals surface area contributed by atoms with Crippen LogP contribution in [0, 0.1) is 12.8 Å². The van der Waals surface area contributed by atoms with Crippen LogP contribution in [0.25, 0.3) is 0 Å². The minimum Gasteiger partial charge on any atom is -0.394 e. The molecule has 1 aromatic rings. The van der Waals surface area contributed by atoms with Crippen LogP contribution in [0.3, 0.4) is 0 Å². The molecule has 1 fully saturated rings. The predicted octanol–water partition coefficient (Wildman–Crippen LogP) is 1.12. The lowest BCUT2D eigenvalue weighted by molar-refractivity contribution is 0.0649. The Morgan fingerprint density at radius 3 is 2.95 bits per heavy atom. The van der Waals surface area contributed by atoms with Crippen molar-refractivity contribution in [3.63, 3.8) is 0 Å². The van der Waals surface area contributed by atoms with E-state index in [1.54, 1.807) is 11.0 Å². The quantitative estimate of drug-likeness (QED) is 0.564. The fraction of sp³-hybridized carbons (Fsp3) is 0.500. The number of nitrogens with one attached hydrogen (secondary N) is 1. The Morgan fingerprint density at radius 2 is 2.32 bits per heavy atom. The van der Waals surface area contributed by atoms with Crippen molar-refractivity contribution in [2.75, 3.05) is 18.6 Å². The van der Waals surface area contributed by atoms with Gasteiger partial charge in [0.25, 0.3) is 5.91 Å². The highest BCUT2D eigenvalue weighted by atomic mass is 16.3. The monoisotopic (exact) mass is 263 g/mol. The molecular formula is C14H21N3O2. The molecule has 0 spiro atoms. The first-order valence-electron chi connectivity index (χ1n) is 6.57. The maximum atomic E-state index is 12.6. The van der Waals surface area contributed by atoms with Crippen molar-refractivity contribution in [3.8, 4) is 0 Å². The molecule has 0 aliphatic carbocycles. The zero-order valence-electron chi connectivity index (χ0n) is 11.4. The average Bonchev–Trinajstić information content (AvgIpc) is 2.78. The van der Waals surface area contributed by atoms with E-state index in [9.17, 15) is 9.90 Å². The van der Waals surface area contributed by atoms with Crippen molar-refractivity contribution in [2.24, 2.45) is 11.8 Å². The lowest BCUT2D eigenvalue weighted by Crippen LogP contribution is -2.40. The molecule has 0 aromatic heterocycles. The van der Waals surface area contributed by atoms with E-state index < -0.39 is 0 Å². The van der Waals surface area contributed by atoms with Crippen LogP contribution in [-0.2, 0) is 0 Å². The summed E-state index contributed by atoms with van der Waals surface area (Å²) in [7, 11) is 0. The van der Waals surface area contributed by atoms with Crippen molar-refractivity contribution < 1.29 is 9.90 Å². The van der Waals surface area contributed by atoms with E-state index >= 15 is 0 Å². The van der Waals surface area contributed by atoms with Crippen molar-refractivity contribution in [1.29, 1.82) is 0 Å². The second-order valence-corrected chi connectivity index (χ2v) is 5.21. The number of nitrogens with two attached hydrogens (primary N) is 1. The van der Waals surface area contributed by atoms with Gasteiger partial charge in [-0.1, -0.05) is 13.0 Å². The molecule has 1 heterocycles. The number of carbonyl (C=O) groups excluding carboxylic acids is 1. The molecule has 1 amide bonds. The van der Waals surface area contributed by atoms with Crippen molar-refractivity contribution in [3.05, 3.63) is 29.3 Å². The number of aliphatic hydroxyl groups excluding tert-OH is 1. The summed E-state index contributed by atoms with van der Waals surface area (Å²) in [6.45, 7) is 4.70. The summed E-state index contributed by atoms with van der Waals surface area (Å²) in [6, 6.07) is 5.42. The Morgan fingerprint density at radius 1 is 1.58 bits per heavy atom. The molecule has 1 aromatic carbocycles. The Hall–Kier alpha value is -1.59. The van der Waals surface area contributed by atoms with Crippen LogP contribution in [0.2, 0.25) is 0 Å². The Balaban J connectivity index is 2.29. The van der Waals surface area contributed by atoms with Gasteiger partial charge in [0.2, 0.25) is 0 Å². The number of anilines is 1. The number of nitrogen functional groups attached to an aromatic ring is 1. The zero-order valence-corrected chi connectivity index (χ0v) is 11.4. The summed E-state index contributed by atoms with van der Waals surface area (Å²) < 4.78 is 0. The molecular weight excluding hydrogens is 242 g/mol. The van der Waals surface area contributed by atoms with Crippen LogP contribution < -0.4 is 11.3 Å². The van der Waals surface area contributed by atoms with E-state index in [4.69, 9.17) is 5.84 Å². The summed E-state index contributed by atoms with van der Waals surface area (Å²) in [4.78, 5) is 14.3. The fourth-order valence-corrected chi connectivity index (χ4v) is 2.66. The van der Waals surface area contributed by atoms with Gasteiger partial charge in [-0.05, 0) is 37.0 Å². The number of aryl methyl sites for hydroxylation is 1. The fourth-order valence-electron chi connectivity index (χ4n) is 2.66. The first-order valence-corrected chi connectivity index (χ1v) is 6.57. The third kappa shape index (κ3) is 2.57. The Labute approximate surface area is 113 Å².